The number of carbonyl (C=O) groups excluding carboxylic acids is 1. The van der Waals surface area contributed by atoms with Crippen molar-refractivity contribution in [1.29, 1.82) is 0 Å². The van der Waals surface area contributed by atoms with E-state index < -0.39 is 0 Å². The quantitative estimate of drug-likeness (QED) is 0.400. The fourth-order valence-corrected chi connectivity index (χ4v) is 2.18. The molecule has 4 N–H and O–H groups in total. The first kappa shape index (κ1) is 14.2. The van der Waals surface area contributed by atoms with Crippen LogP contribution in [0.25, 0.3) is 0 Å². The van der Waals surface area contributed by atoms with Crippen molar-refractivity contribution in [3.63, 3.8) is 0 Å². The van der Waals surface area contributed by atoms with Crippen LogP contribution in [0.3, 0.4) is 0 Å². The zero-order valence-corrected chi connectivity index (χ0v) is 11.4. The summed E-state index contributed by atoms with van der Waals surface area (Å²) in [4.78, 5) is 23.6. The van der Waals surface area contributed by atoms with Gasteiger partial charge in [0, 0.05) is 25.0 Å². The monoisotopic (exact) mass is 276 g/mol. The Balaban J connectivity index is 1.66. The van der Waals surface area contributed by atoms with Crippen molar-refractivity contribution in [3.05, 3.63) is 24.3 Å². The van der Waals surface area contributed by atoms with Gasteiger partial charge in [0.25, 0.3) is 5.91 Å². The van der Waals surface area contributed by atoms with E-state index in [9.17, 15) is 4.79 Å². The number of aromatic nitrogens is 2. The Morgan fingerprint density at radius 2 is 2.20 bits per heavy atom. The molecule has 2 rings (SSSR count). The number of aliphatic imine (C=N–C) groups is 1. The molecule has 1 aliphatic carbocycles. The fraction of sp³-hybridized carbons (Fsp3) is 0.538. The number of carbonyl (C=O) groups is 1. The summed E-state index contributed by atoms with van der Waals surface area (Å²) in [5.41, 5.74) is 6.08. The Hall–Kier alpha value is -2.18. The summed E-state index contributed by atoms with van der Waals surface area (Å²) in [6.45, 7) is 0.861. The van der Waals surface area contributed by atoms with Gasteiger partial charge < -0.3 is 16.4 Å². The minimum Gasteiger partial charge on any atom is -0.370 e. The third kappa shape index (κ3) is 4.49. The number of hydrogen-bond donors (Lipinski definition) is 3. The van der Waals surface area contributed by atoms with Crippen molar-refractivity contribution in [3.8, 4) is 0 Å². The molecule has 0 radical (unpaired) electrons. The molecule has 0 aliphatic heterocycles. The van der Waals surface area contributed by atoms with Gasteiger partial charge in [0.1, 0.15) is 5.69 Å². The third-order valence-electron chi connectivity index (χ3n) is 3.18. The molecule has 1 aromatic heterocycles. The Morgan fingerprint density at radius 1 is 1.40 bits per heavy atom. The predicted molar refractivity (Wildman–Crippen MR) is 76.2 cm³/mol. The van der Waals surface area contributed by atoms with E-state index in [0.29, 0.717) is 30.8 Å². The van der Waals surface area contributed by atoms with Crippen LogP contribution in [-0.2, 0) is 0 Å². The topological polar surface area (TPSA) is 105 Å². The second-order valence-corrected chi connectivity index (χ2v) is 4.74. The summed E-state index contributed by atoms with van der Waals surface area (Å²) >= 11 is 0. The van der Waals surface area contributed by atoms with Crippen LogP contribution in [0.4, 0.5) is 0 Å². The first-order valence-electron chi connectivity index (χ1n) is 6.86. The minimum atomic E-state index is -0.254. The molecule has 1 aromatic rings. The molecule has 0 spiro atoms. The van der Waals surface area contributed by atoms with E-state index in [2.05, 4.69) is 25.6 Å². The van der Waals surface area contributed by atoms with E-state index in [1.165, 1.54) is 31.4 Å². The second kappa shape index (κ2) is 7.42. The van der Waals surface area contributed by atoms with Gasteiger partial charge in [0.15, 0.2) is 5.96 Å². The lowest BCUT2D eigenvalue weighted by Gasteiger charge is -2.12. The highest BCUT2D eigenvalue weighted by Crippen LogP contribution is 2.17. The van der Waals surface area contributed by atoms with Crippen LogP contribution >= 0.6 is 0 Å². The third-order valence-corrected chi connectivity index (χ3v) is 3.18. The molecule has 1 saturated carbocycles. The Kier molecular flexibility index (Phi) is 5.28. The predicted octanol–water partition coefficient (Wildman–Crippen LogP) is 0.0533. The van der Waals surface area contributed by atoms with Gasteiger partial charge in [0.05, 0.1) is 12.7 Å². The van der Waals surface area contributed by atoms with Crippen LogP contribution in [0.5, 0.6) is 0 Å². The summed E-state index contributed by atoms with van der Waals surface area (Å²) in [7, 11) is 0. The van der Waals surface area contributed by atoms with E-state index in [-0.39, 0.29) is 5.91 Å². The van der Waals surface area contributed by atoms with Crippen LogP contribution in [0.15, 0.2) is 23.6 Å². The van der Waals surface area contributed by atoms with E-state index in [0.717, 1.165) is 12.8 Å². The molecule has 0 saturated heterocycles. The molecule has 0 aromatic carbocycles. The largest absolute Gasteiger partial charge is 0.370 e. The highest BCUT2D eigenvalue weighted by atomic mass is 16.1. The number of rotatable bonds is 5. The van der Waals surface area contributed by atoms with Crippen molar-refractivity contribution >= 4 is 11.9 Å². The molecular formula is C13H20N6O. The van der Waals surface area contributed by atoms with E-state index in [4.69, 9.17) is 5.73 Å². The molecule has 0 unspecified atom stereocenters. The van der Waals surface area contributed by atoms with Crippen molar-refractivity contribution in [2.45, 2.75) is 31.7 Å². The Labute approximate surface area is 118 Å². The van der Waals surface area contributed by atoms with Crippen molar-refractivity contribution in [1.82, 2.24) is 20.6 Å². The normalized spacial score (nSPS) is 16.1. The SMILES string of the molecule is NC(=NCCNC(=O)c1cnccn1)NC1CCCC1. The van der Waals surface area contributed by atoms with Crippen molar-refractivity contribution < 1.29 is 4.79 Å². The van der Waals surface area contributed by atoms with Crippen LogP contribution in [-0.4, -0.2) is 41.0 Å². The molecule has 1 heterocycles. The summed E-state index contributed by atoms with van der Waals surface area (Å²) in [5, 5.41) is 5.91. The Morgan fingerprint density at radius 3 is 2.90 bits per heavy atom. The van der Waals surface area contributed by atoms with Crippen molar-refractivity contribution in [2.75, 3.05) is 13.1 Å². The lowest BCUT2D eigenvalue weighted by atomic mass is 10.2. The lowest BCUT2D eigenvalue weighted by molar-refractivity contribution is 0.0949. The fourth-order valence-electron chi connectivity index (χ4n) is 2.18. The smallest absolute Gasteiger partial charge is 0.271 e. The lowest BCUT2D eigenvalue weighted by Crippen LogP contribution is -2.39. The molecule has 1 amide bonds. The molecule has 0 atom stereocenters. The van der Waals surface area contributed by atoms with Gasteiger partial charge in [-0.1, -0.05) is 12.8 Å². The first-order valence-corrected chi connectivity index (χ1v) is 6.86. The van der Waals surface area contributed by atoms with E-state index in [1.807, 2.05) is 0 Å². The molecule has 1 aliphatic rings. The molecule has 7 heteroatoms. The summed E-state index contributed by atoms with van der Waals surface area (Å²) in [6.07, 6.45) is 9.24. The number of nitrogens with two attached hydrogens (primary N) is 1. The first-order chi connectivity index (χ1) is 9.75. The maximum absolute atomic E-state index is 11.7. The number of amides is 1. The van der Waals surface area contributed by atoms with Gasteiger partial charge in [-0.25, -0.2) is 4.98 Å². The summed E-state index contributed by atoms with van der Waals surface area (Å²) in [5.74, 6) is 0.196. The molecule has 1 fully saturated rings. The van der Waals surface area contributed by atoms with Gasteiger partial charge in [-0.05, 0) is 12.8 Å². The zero-order valence-electron chi connectivity index (χ0n) is 11.4. The standard InChI is InChI=1S/C13H20N6O/c14-13(19-10-3-1-2-4-10)18-8-7-17-12(20)11-9-15-5-6-16-11/h5-6,9-10H,1-4,7-8H2,(H,17,20)(H3,14,18,19). The number of hydrogen-bond acceptors (Lipinski definition) is 4. The summed E-state index contributed by atoms with van der Waals surface area (Å²) < 4.78 is 0. The van der Waals surface area contributed by atoms with Gasteiger partial charge in [-0.3, -0.25) is 14.8 Å². The van der Waals surface area contributed by atoms with Gasteiger partial charge in [-0.15, -0.1) is 0 Å². The maximum Gasteiger partial charge on any atom is 0.271 e. The van der Waals surface area contributed by atoms with Gasteiger partial charge in [-0.2, -0.15) is 0 Å². The van der Waals surface area contributed by atoms with Crippen LogP contribution in [0.2, 0.25) is 0 Å². The molecule has 20 heavy (non-hydrogen) atoms. The van der Waals surface area contributed by atoms with Gasteiger partial charge >= 0.3 is 0 Å². The second-order valence-electron chi connectivity index (χ2n) is 4.74. The molecular weight excluding hydrogens is 256 g/mol. The average Bonchev–Trinajstić information content (AvgIpc) is 2.97. The average molecular weight is 276 g/mol. The van der Waals surface area contributed by atoms with E-state index >= 15 is 0 Å². The van der Waals surface area contributed by atoms with Gasteiger partial charge in [0.2, 0.25) is 0 Å². The number of guanidine groups is 1. The summed E-state index contributed by atoms with van der Waals surface area (Å²) in [6, 6.07) is 0.452. The van der Waals surface area contributed by atoms with Crippen LogP contribution < -0.4 is 16.4 Å². The maximum atomic E-state index is 11.7. The van der Waals surface area contributed by atoms with E-state index in [1.54, 1.807) is 0 Å². The van der Waals surface area contributed by atoms with Crippen LogP contribution in [0, 0.1) is 0 Å². The van der Waals surface area contributed by atoms with Crippen molar-refractivity contribution in [2.24, 2.45) is 10.7 Å². The Bertz CT molecular complexity index is 455. The van der Waals surface area contributed by atoms with Crippen LogP contribution in [0.1, 0.15) is 36.2 Å². The zero-order chi connectivity index (χ0) is 14.2. The number of nitrogens with one attached hydrogen (secondary N) is 2. The molecule has 108 valence electrons. The highest BCUT2D eigenvalue weighted by Gasteiger charge is 2.14. The minimum absolute atomic E-state index is 0.254. The highest BCUT2D eigenvalue weighted by molar-refractivity contribution is 5.91. The molecule has 7 nitrogen and oxygen atoms in total. The molecule has 0 bridgehead atoms. The number of nitrogens with zero attached hydrogens (tertiary/aromatic N) is 3.